The first-order chi connectivity index (χ1) is 27.3. The highest BCUT2D eigenvalue weighted by Crippen LogP contribution is 2.33. The van der Waals surface area contributed by atoms with Crippen LogP contribution in [0.25, 0.3) is 0 Å². The van der Waals surface area contributed by atoms with E-state index in [0.717, 1.165) is 30.3 Å². The van der Waals surface area contributed by atoms with E-state index in [1.54, 1.807) is 0 Å². The molecular formula is C41H32O16. The molecular weight excluding hydrogens is 748 g/mol. The van der Waals surface area contributed by atoms with Crippen LogP contribution >= 0.6 is 0 Å². The molecule has 1 unspecified atom stereocenters. The van der Waals surface area contributed by atoms with Crippen LogP contribution in [0.1, 0.15) is 51.8 Å². The molecule has 57 heavy (non-hydrogen) atoms. The van der Waals surface area contributed by atoms with Crippen LogP contribution in [-0.4, -0.2) is 92.7 Å². The van der Waals surface area contributed by atoms with Crippen molar-refractivity contribution < 1.29 is 77.9 Å². The van der Waals surface area contributed by atoms with Gasteiger partial charge in [-0.05, 0) is 91.0 Å². The molecule has 0 spiro atoms. The third-order valence-corrected chi connectivity index (χ3v) is 8.33. The summed E-state index contributed by atoms with van der Waals surface area (Å²) in [7, 11) is 0. The fraction of sp³-hybridized carbons (Fsp3) is 0.146. The van der Waals surface area contributed by atoms with Gasteiger partial charge in [-0.2, -0.15) is 0 Å². The number of aromatic hydroxyl groups is 5. The summed E-state index contributed by atoms with van der Waals surface area (Å²) in [4.78, 5) is 67.8. The summed E-state index contributed by atoms with van der Waals surface area (Å²) in [5.74, 6) is -7.13. The minimum absolute atomic E-state index is 0.101. The molecule has 1 aliphatic rings. The zero-order chi connectivity index (χ0) is 40.6. The van der Waals surface area contributed by atoms with Crippen molar-refractivity contribution in [2.45, 2.75) is 30.7 Å². The van der Waals surface area contributed by atoms with Crippen LogP contribution in [-0.2, 0) is 28.4 Å². The van der Waals surface area contributed by atoms with Gasteiger partial charge in [0.15, 0.2) is 12.2 Å². The topological polar surface area (TPSA) is 242 Å². The molecule has 0 aromatic heterocycles. The Bertz CT molecular complexity index is 2300. The fourth-order valence-corrected chi connectivity index (χ4v) is 5.66. The summed E-state index contributed by atoms with van der Waals surface area (Å²) in [5.41, 5.74) is -0.946. The van der Waals surface area contributed by atoms with E-state index in [2.05, 4.69) is 0 Å². The van der Waals surface area contributed by atoms with Crippen LogP contribution in [0.4, 0.5) is 0 Å². The second-order valence-corrected chi connectivity index (χ2v) is 12.4. The maximum absolute atomic E-state index is 13.8. The molecule has 0 aliphatic carbocycles. The molecule has 1 fully saturated rings. The molecule has 1 heterocycles. The first-order valence-corrected chi connectivity index (χ1v) is 17.0. The third-order valence-electron chi connectivity index (χ3n) is 8.33. The van der Waals surface area contributed by atoms with E-state index in [1.807, 2.05) is 0 Å². The summed E-state index contributed by atoms with van der Waals surface area (Å²) in [6.45, 7) is -0.806. The lowest BCUT2D eigenvalue weighted by molar-refractivity contribution is -0.282. The smallest absolute Gasteiger partial charge is 0.340 e. The van der Waals surface area contributed by atoms with Gasteiger partial charge in [-0.3, -0.25) is 0 Å². The van der Waals surface area contributed by atoms with E-state index in [1.165, 1.54) is 91.0 Å². The largest absolute Gasteiger partial charge is 0.508 e. The van der Waals surface area contributed by atoms with Crippen LogP contribution in [0, 0.1) is 0 Å². The predicted molar refractivity (Wildman–Crippen MR) is 193 cm³/mol. The molecule has 6 rings (SSSR count). The summed E-state index contributed by atoms with van der Waals surface area (Å²) in [5, 5.41) is 50.2. The molecule has 16 heteroatoms. The van der Waals surface area contributed by atoms with Crippen molar-refractivity contribution in [3.05, 3.63) is 149 Å². The second kappa shape index (κ2) is 17.3. The molecule has 5 N–H and O–H groups in total. The van der Waals surface area contributed by atoms with Gasteiger partial charge in [0.2, 0.25) is 12.4 Å². The monoisotopic (exact) mass is 780 g/mol. The first-order valence-electron chi connectivity index (χ1n) is 17.0. The molecule has 5 aromatic carbocycles. The van der Waals surface area contributed by atoms with Gasteiger partial charge in [-0.15, -0.1) is 0 Å². The maximum Gasteiger partial charge on any atom is 0.340 e. The van der Waals surface area contributed by atoms with Gasteiger partial charge in [-0.1, -0.05) is 30.3 Å². The normalized spacial score (nSPS) is 18.7. The van der Waals surface area contributed by atoms with Crippen molar-refractivity contribution in [1.29, 1.82) is 0 Å². The quantitative estimate of drug-likeness (QED) is 0.0906. The number of hydrogen-bond acceptors (Lipinski definition) is 16. The number of phenols is 5. The summed E-state index contributed by atoms with van der Waals surface area (Å²) in [6, 6.07) is 25.0. The third kappa shape index (κ3) is 9.75. The number of carbonyl (C=O) groups excluding carboxylic acids is 5. The molecule has 5 aromatic rings. The molecule has 5 atom stereocenters. The Kier molecular flexibility index (Phi) is 11.8. The average molecular weight is 781 g/mol. The fourth-order valence-electron chi connectivity index (χ4n) is 5.66. The number of ether oxygens (including phenoxy) is 6. The lowest BCUT2D eigenvalue weighted by Gasteiger charge is -2.43. The number of benzene rings is 5. The number of hydrogen-bond donors (Lipinski definition) is 5. The summed E-state index contributed by atoms with van der Waals surface area (Å²) >= 11 is 0. The number of rotatable bonds is 11. The zero-order valence-electron chi connectivity index (χ0n) is 29.4. The lowest BCUT2D eigenvalue weighted by Crippen LogP contribution is -2.63. The summed E-state index contributed by atoms with van der Waals surface area (Å²) < 4.78 is 34.7. The van der Waals surface area contributed by atoms with E-state index in [4.69, 9.17) is 28.4 Å². The van der Waals surface area contributed by atoms with E-state index < -0.39 is 67.2 Å². The van der Waals surface area contributed by atoms with E-state index >= 15 is 0 Å². The minimum Gasteiger partial charge on any atom is -0.508 e. The van der Waals surface area contributed by atoms with E-state index in [-0.39, 0.29) is 56.6 Å². The zero-order valence-corrected chi connectivity index (χ0v) is 29.4. The van der Waals surface area contributed by atoms with Gasteiger partial charge in [0.25, 0.3) is 0 Å². The molecule has 1 aliphatic heterocycles. The van der Waals surface area contributed by atoms with Crippen LogP contribution in [0.2, 0.25) is 0 Å². The molecule has 0 bridgehead atoms. The van der Waals surface area contributed by atoms with Crippen LogP contribution in [0.15, 0.2) is 121 Å². The molecule has 0 amide bonds. The van der Waals surface area contributed by atoms with Crippen LogP contribution < -0.4 is 0 Å². The van der Waals surface area contributed by atoms with Gasteiger partial charge in [0, 0.05) is 0 Å². The first kappa shape index (κ1) is 39.1. The Balaban J connectivity index is 1.45. The van der Waals surface area contributed by atoms with Gasteiger partial charge < -0.3 is 54.0 Å². The van der Waals surface area contributed by atoms with E-state index in [9.17, 15) is 49.5 Å². The van der Waals surface area contributed by atoms with Gasteiger partial charge >= 0.3 is 29.8 Å². The Morgan fingerprint density at radius 2 is 0.737 bits per heavy atom. The highest BCUT2D eigenvalue weighted by atomic mass is 16.7. The number of phenolic OH excluding ortho intramolecular Hbond substituents is 5. The van der Waals surface area contributed by atoms with Crippen molar-refractivity contribution in [2.24, 2.45) is 0 Å². The molecule has 0 radical (unpaired) electrons. The minimum atomic E-state index is -2.04. The number of esters is 5. The van der Waals surface area contributed by atoms with Gasteiger partial charge in [0.05, 0.1) is 27.8 Å². The lowest BCUT2D eigenvalue weighted by atomic mass is 9.97. The average Bonchev–Trinajstić information content (AvgIpc) is 3.19. The standard InChI is InChI=1S/C41H32O16/c42-27-11-1-6-22(16-27)36(47)52-21-32-33(54-37(48)23-7-2-12-28(43)17-23)34(55-38(49)24-8-3-13-29(44)18-24)35(56-39(50)25-9-4-14-30(45)19-25)41(53-32)57-40(51)26-10-5-15-31(46)20-26/h1-20,32-35,41-46H,21H2/t32-,33-,34+,35-,41?/m1/s1. The van der Waals surface area contributed by atoms with Crippen molar-refractivity contribution in [3.8, 4) is 28.7 Å². The SMILES string of the molecule is O=C(OC[C@H]1OC(OC(=O)c2cccc(O)c2)[C@H](OC(=O)c2cccc(O)c2)[C@@H](OC(=O)c2cccc(O)c2)[C@@H]1OC(=O)c1cccc(O)c1)c1cccc(O)c1. The van der Waals surface area contributed by atoms with Gasteiger partial charge in [0.1, 0.15) is 41.5 Å². The van der Waals surface area contributed by atoms with Crippen LogP contribution in [0.5, 0.6) is 28.7 Å². The Labute approximate surface area is 322 Å². The van der Waals surface area contributed by atoms with Crippen molar-refractivity contribution >= 4 is 29.8 Å². The number of carbonyl (C=O) groups is 5. The molecule has 1 saturated heterocycles. The Morgan fingerprint density at radius 1 is 0.421 bits per heavy atom. The molecule has 292 valence electrons. The van der Waals surface area contributed by atoms with E-state index in [0.29, 0.717) is 0 Å². The highest BCUT2D eigenvalue weighted by molar-refractivity contribution is 5.93. The Morgan fingerprint density at radius 3 is 1.11 bits per heavy atom. The second-order valence-electron chi connectivity index (χ2n) is 12.4. The maximum atomic E-state index is 13.8. The van der Waals surface area contributed by atoms with Crippen molar-refractivity contribution in [3.63, 3.8) is 0 Å². The van der Waals surface area contributed by atoms with Crippen LogP contribution in [0.3, 0.4) is 0 Å². The molecule has 0 saturated carbocycles. The van der Waals surface area contributed by atoms with Crippen molar-refractivity contribution in [2.75, 3.05) is 6.61 Å². The Hall–Kier alpha value is -7.59. The van der Waals surface area contributed by atoms with Crippen molar-refractivity contribution in [1.82, 2.24) is 0 Å². The predicted octanol–water partition coefficient (Wildman–Crippen LogP) is 4.63. The highest BCUT2D eigenvalue weighted by Gasteiger charge is 2.55. The van der Waals surface area contributed by atoms with Gasteiger partial charge in [-0.25, -0.2) is 24.0 Å². The summed E-state index contributed by atoms with van der Waals surface area (Å²) in [6.07, 6.45) is -9.56. The molecule has 16 nitrogen and oxygen atoms in total.